The number of hydrogen-bond donors (Lipinski definition) is 1. The first-order valence-electron chi connectivity index (χ1n) is 7.86. The molecule has 3 nitrogen and oxygen atoms in total. The van der Waals surface area contributed by atoms with Crippen molar-refractivity contribution in [3.8, 4) is 0 Å². The lowest BCUT2D eigenvalue weighted by Crippen LogP contribution is -2.32. The van der Waals surface area contributed by atoms with Gasteiger partial charge in [-0.15, -0.1) is 0 Å². The van der Waals surface area contributed by atoms with Gasteiger partial charge in [-0.1, -0.05) is 42.5 Å². The van der Waals surface area contributed by atoms with Crippen LogP contribution in [-0.2, 0) is 5.75 Å². The third-order valence-electron chi connectivity index (χ3n) is 4.39. The second-order valence-corrected chi connectivity index (χ2v) is 6.89. The Morgan fingerprint density at radius 2 is 1.83 bits per heavy atom. The molecule has 0 radical (unpaired) electrons. The van der Waals surface area contributed by atoms with E-state index in [0.717, 1.165) is 11.3 Å². The maximum Gasteiger partial charge on any atom is 0.253 e. The monoisotopic (exact) mass is 326 g/mol. The van der Waals surface area contributed by atoms with Crippen LogP contribution in [0.3, 0.4) is 0 Å². The number of benzene rings is 2. The molecule has 2 atom stereocenters. The van der Waals surface area contributed by atoms with Crippen LogP contribution in [0.5, 0.6) is 0 Å². The van der Waals surface area contributed by atoms with Crippen molar-refractivity contribution in [1.29, 1.82) is 0 Å². The van der Waals surface area contributed by atoms with Gasteiger partial charge in [-0.2, -0.15) is 11.8 Å². The van der Waals surface area contributed by atoms with Gasteiger partial charge < -0.3 is 10.6 Å². The lowest BCUT2D eigenvalue weighted by Gasteiger charge is -2.17. The topological polar surface area (TPSA) is 46.3 Å². The first kappa shape index (κ1) is 16.1. The van der Waals surface area contributed by atoms with E-state index in [4.69, 9.17) is 5.73 Å². The van der Waals surface area contributed by atoms with Crippen LogP contribution in [0.1, 0.15) is 27.4 Å². The molecular weight excluding hydrogens is 304 g/mol. The molecule has 1 fully saturated rings. The van der Waals surface area contributed by atoms with Crippen LogP contribution in [-0.4, -0.2) is 36.2 Å². The van der Waals surface area contributed by atoms with Crippen LogP contribution in [0.25, 0.3) is 0 Å². The molecule has 1 amide bonds. The minimum atomic E-state index is -0.00267. The van der Waals surface area contributed by atoms with Crippen LogP contribution in [0.4, 0.5) is 0 Å². The number of likely N-dealkylation sites (tertiary alicyclic amines) is 1. The Hall–Kier alpha value is -1.78. The summed E-state index contributed by atoms with van der Waals surface area (Å²) in [5, 5.41) is 0. The molecule has 3 rings (SSSR count). The number of carbonyl (C=O) groups excluding carboxylic acids is 1. The summed E-state index contributed by atoms with van der Waals surface area (Å²) in [6.45, 7) is 1.31. The Labute approximate surface area is 141 Å². The molecule has 0 aliphatic carbocycles. The van der Waals surface area contributed by atoms with Crippen molar-refractivity contribution in [2.24, 2.45) is 5.73 Å². The number of nitrogens with two attached hydrogens (primary N) is 1. The van der Waals surface area contributed by atoms with Gasteiger partial charge in [0.05, 0.1) is 0 Å². The van der Waals surface area contributed by atoms with E-state index in [0.29, 0.717) is 13.1 Å². The van der Waals surface area contributed by atoms with E-state index in [9.17, 15) is 4.79 Å². The zero-order valence-electron chi connectivity index (χ0n) is 13.3. The molecule has 2 N–H and O–H groups in total. The molecule has 2 aromatic rings. The number of carbonyl (C=O) groups is 1. The number of rotatable bonds is 4. The van der Waals surface area contributed by atoms with Gasteiger partial charge in [-0.05, 0) is 29.5 Å². The smallest absolute Gasteiger partial charge is 0.253 e. The fourth-order valence-corrected chi connectivity index (χ4v) is 3.67. The van der Waals surface area contributed by atoms with E-state index in [2.05, 4.69) is 18.4 Å². The summed E-state index contributed by atoms with van der Waals surface area (Å²) in [4.78, 5) is 14.6. The minimum absolute atomic E-state index is 0.00267. The lowest BCUT2D eigenvalue weighted by molar-refractivity contribution is 0.0789. The van der Waals surface area contributed by atoms with Crippen molar-refractivity contribution < 1.29 is 4.79 Å². The predicted octanol–water partition coefficient (Wildman–Crippen LogP) is 3.12. The van der Waals surface area contributed by atoms with E-state index in [1.54, 1.807) is 11.8 Å². The van der Waals surface area contributed by atoms with Crippen LogP contribution < -0.4 is 5.73 Å². The zero-order chi connectivity index (χ0) is 16.2. The number of amides is 1. The van der Waals surface area contributed by atoms with Gasteiger partial charge in [-0.25, -0.2) is 0 Å². The van der Waals surface area contributed by atoms with Crippen molar-refractivity contribution in [3.05, 3.63) is 71.3 Å². The average Bonchev–Trinajstić information content (AvgIpc) is 2.98. The predicted molar refractivity (Wildman–Crippen MR) is 96.7 cm³/mol. The number of thioether (sulfide) groups is 1. The van der Waals surface area contributed by atoms with Gasteiger partial charge in [0.25, 0.3) is 5.91 Å². The Morgan fingerprint density at radius 1 is 1.13 bits per heavy atom. The SMILES string of the molecule is CSCc1ccc(C(=O)N2C[C@@H](N)[C@H](c3ccccc3)C2)cc1. The van der Waals surface area contributed by atoms with E-state index in [1.807, 2.05) is 47.4 Å². The summed E-state index contributed by atoms with van der Waals surface area (Å²) in [5.41, 5.74) is 9.49. The second kappa shape index (κ2) is 7.20. The summed E-state index contributed by atoms with van der Waals surface area (Å²) in [7, 11) is 0. The molecule has 1 aliphatic heterocycles. The highest BCUT2D eigenvalue weighted by atomic mass is 32.2. The first-order valence-corrected chi connectivity index (χ1v) is 9.26. The van der Waals surface area contributed by atoms with Crippen molar-refractivity contribution in [2.45, 2.75) is 17.7 Å². The molecule has 120 valence electrons. The normalized spacial score (nSPS) is 20.7. The highest BCUT2D eigenvalue weighted by molar-refractivity contribution is 7.97. The molecule has 1 heterocycles. The largest absolute Gasteiger partial charge is 0.336 e. The maximum atomic E-state index is 12.7. The first-order chi connectivity index (χ1) is 11.2. The van der Waals surface area contributed by atoms with Crippen LogP contribution in [0.2, 0.25) is 0 Å². The Morgan fingerprint density at radius 3 is 2.48 bits per heavy atom. The Balaban J connectivity index is 1.71. The molecule has 0 spiro atoms. The highest BCUT2D eigenvalue weighted by Crippen LogP contribution is 2.27. The van der Waals surface area contributed by atoms with Crippen molar-refractivity contribution in [2.75, 3.05) is 19.3 Å². The average molecular weight is 326 g/mol. The van der Waals surface area contributed by atoms with Gasteiger partial charge in [0.15, 0.2) is 0 Å². The highest BCUT2D eigenvalue weighted by Gasteiger charge is 2.34. The molecule has 0 unspecified atom stereocenters. The van der Waals surface area contributed by atoms with Gasteiger partial charge in [0.1, 0.15) is 0 Å². The fraction of sp³-hybridized carbons (Fsp3) is 0.316. The molecule has 0 aromatic heterocycles. The van der Waals surface area contributed by atoms with Crippen molar-refractivity contribution in [3.63, 3.8) is 0 Å². The summed E-state index contributed by atoms with van der Waals surface area (Å²) in [6, 6.07) is 18.2. The second-order valence-electron chi connectivity index (χ2n) is 6.02. The van der Waals surface area contributed by atoms with Gasteiger partial charge in [-0.3, -0.25) is 4.79 Å². The Kier molecular flexibility index (Phi) is 5.03. The van der Waals surface area contributed by atoms with Gasteiger partial charge in [0.2, 0.25) is 0 Å². The molecule has 1 aliphatic rings. The summed E-state index contributed by atoms with van der Waals surface area (Å²) < 4.78 is 0. The van der Waals surface area contributed by atoms with E-state index in [1.165, 1.54) is 11.1 Å². The number of nitrogens with zero attached hydrogens (tertiary/aromatic N) is 1. The molecule has 2 aromatic carbocycles. The Bertz CT molecular complexity index is 657. The van der Waals surface area contributed by atoms with Crippen LogP contribution >= 0.6 is 11.8 Å². The lowest BCUT2D eigenvalue weighted by atomic mass is 9.95. The summed E-state index contributed by atoms with van der Waals surface area (Å²) >= 11 is 1.78. The van der Waals surface area contributed by atoms with Gasteiger partial charge in [0, 0.05) is 36.4 Å². The molecule has 1 saturated heterocycles. The molecular formula is C19H22N2OS. The minimum Gasteiger partial charge on any atom is -0.336 e. The van der Waals surface area contributed by atoms with E-state index < -0.39 is 0 Å². The number of hydrogen-bond acceptors (Lipinski definition) is 3. The van der Waals surface area contributed by atoms with E-state index in [-0.39, 0.29) is 17.9 Å². The molecule has 4 heteroatoms. The maximum absolute atomic E-state index is 12.7. The summed E-state index contributed by atoms with van der Waals surface area (Å²) in [5.74, 6) is 1.27. The summed E-state index contributed by atoms with van der Waals surface area (Å²) in [6.07, 6.45) is 2.08. The molecule has 23 heavy (non-hydrogen) atoms. The van der Waals surface area contributed by atoms with Crippen LogP contribution in [0.15, 0.2) is 54.6 Å². The molecule has 0 saturated carbocycles. The van der Waals surface area contributed by atoms with E-state index >= 15 is 0 Å². The van der Waals surface area contributed by atoms with Gasteiger partial charge >= 0.3 is 0 Å². The zero-order valence-corrected chi connectivity index (χ0v) is 14.1. The third-order valence-corrected chi connectivity index (χ3v) is 5.01. The molecule has 0 bridgehead atoms. The standard InChI is InChI=1S/C19H22N2OS/c1-23-13-14-7-9-16(10-8-14)19(22)21-11-17(18(20)12-21)15-5-3-2-4-6-15/h2-10,17-18H,11-13,20H2,1H3/t17-,18+/m0/s1. The van der Waals surface area contributed by atoms with Crippen molar-refractivity contribution in [1.82, 2.24) is 4.90 Å². The van der Waals surface area contributed by atoms with Crippen LogP contribution in [0, 0.1) is 0 Å². The fourth-order valence-electron chi connectivity index (χ4n) is 3.14. The van der Waals surface area contributed by atoms with Crippen molar-refractivity contribution >= 4 is 17.7 Å². The quantitative estimate of drug-likeness (QED) is 0.939. The third kappa shape index (κ3) is 3.59.